The van der Waals surface area contributed by atoms with Crippen LogP contribution in [-0.4, -0.2) is 28.4 Å². The van der Waals surface area contributed by atoms with Crippen LogP contribution in [0.4, 0.5) is 13.2 Å². The lowest BCUT2D eigenvalue weighted by Gasteiger charge is -2.23. The molecule has 0 aliphatic heterocycles. The van der Waals surface area contributed by atoms with Crippen LogP contribution in [0.1, 0.15) is 52.5 Å². The largest absolute Gasteiger partial charge is 0.379 e. The van der Waals surface area contributed by atoms with Gasteiger partial charge in [0.25, 0.3) is 6.48 Å². The topological polar surface area (TPSA) is 27.7 Å². The van der Waals surface area contributed by atoms with Crippen molar-refractivity contribution in [1.82, 2.24) is 0 Å². The Morgan fingerprint density at radius 1 is 0.840 bits per heavy atom. The molecule has 7 heteroatoms. The summed E-state index contributed by atoms with van der Waals surface area (Å²) in [6.07, 6.45) is 3.03. The van der Waals surface area contributed by atoms with Crippen molar-refractivity contribution in [3.63, 3.8) is 0 Å². The SMILES string of the molecule is CC(C)OC(O[SiH2]CCCCCc1cc(F)c(F)cc1F)OC(C)C. The molecule has 0 bridgehead atoms. The molecular formula is C18H29F3O3Si. The van der Waals surface area contributed by atoms with E-state index in [0.29, 0.717) is 12.5 Å². The van der Waals surface area contributed by atoms with E-state index in [1.165, 1.54) is 0 Å². The van der Waals surface area contributed by atoms with Crippen LogP contribution in [0.3, 0.4) is 0 Å². The van der Waals surface area contributed by atoms with Gasteiger partial charge in [0.2, 0.25) is 0 Å². The Morgan fingerprint density at radius 2 is 1.44 bits per heavy atom. The van der Waals surface area contributed by atoms with Gasteiger partial charge in [-0.15, -0.1) is 0 Å². The maximum atomic E-state index is 13.5. The van der Waals surface area contributed by atoms with Crippen LogP contribution in [-0.2, 0) is 20.3 Å². The van der Waals surface area contributed by atoms with Gasteiger partial charge in [-0.1, -0.05) is 12.8 Å². The van der Waals surface area contributed by atoms with E-state index >= 15 is 0 Å². The van der Waals surface area contributed by atoms with E-state index in [-0.39, 0.29) is 17.8 Å². The average Bonchev–Trinajstić information content (AvgIpc) is 2.49. The standard InChI is InChI=1S/C18H29F3O3Si/c1-12(2)22-18(23-13(3)4)24-25-9-7-5-6-8-14-10-16(20)17(21)11-15(14)19/h10-13,18H,5-9,25H2,1-4H3. The first kappa shape index (κ1) is 22.1. The second kappa shape index (κ2) is 11.7. The van der Waals surface area contributed by atoms with Gasteiger partial charge in [-0.2, -0.15) is 0 Å². The fraction of sp³-hybridized carbons (Fsp3) is 0.667. The Bertz CT molecular complexity index is 503. The maximum absolute atomic E-state index is 13.5. The summed E-state index contributed by atoms with van der Waals surface area (Å²) in [6.45, 7) is 7.11. The molecule has 1 rings (SSSR count). The number of halogens is 3. The second-order valence-electron chi connectivity index (χ2n) is 6.55. The van der Waals surface area contributed by atoms with Crippen LogP contribution >= 0.6 is 0 Å². The van der Waals surface area contributed by atoms with E-state index in [1.807, 2.05) is 27.7 Å². The molecule has 25 heavy (non-hydrogen) atoms. The van der Waals surface area contributed by atoms with Crippen molar-refractivity contribution in [2.24, 2.45) is 0 Å². The van der Waals surface area contributed by atoms with Gasteiger partial charge in [0.05, 0.1) is 12.2 Å². The van der Waals surface area contributed by atoms with Gasteiger partial charge < -0.3 is 13.9 Å². The Balaban J connectivity index is 2.20. The Hall–Kier alpha value is -0.893. The Kier molecular flexibility index (Phi) is 10.3. The summed E-state index contributed by atoms with van der Waals surface area (Å²) < 4.78 is 56.3. The van der Waals surface area contributed by atoms with E-state index in [1.54, 1.807) is 0 Å². The number of hydrogen-bond donors (Lipinski definition) is 0. The molecule has 0 amide bonds. The van der Waals surface area contributed by atoms with Crippen molar-refractivity contribution < 1.29 is 27.1 Å². The maximum Gasteiger partial charge on any atom is 0.262 e. The third-order valence-corrected chi connectivity index (χ3v) is 4.75. The van der Waals surface area contributed by atoms with E-state index in [0.717, 1.165) is 31.4 Å². The molecule has 0 heterocycles. The first-order chi connectivity index (χ1) is 11.8. The zero-order valence-corrected chi connectivity index (χ0v) is 16.9. The molecule has 0 aliphatic rings. The van der Waals surface area contributed by atoms with Crippen molar-refractivity contribution in [3.8, 4) is 0 Å². The van der Waals surface area contributed by atoms with Gasteiger partial charge >= 0.3 is 0 Å². The first-order valence-electron chi connectivity index (χ1n) is 8.85. The highest BCUT2D eigenvalue weighted by Crippen LogP contribution is 2.16. The monoisotopic (exact) mass is 378 g/mol. The molecule has 0 spiro atoms. The van der Waals surface area contributed by atoms with E-state index < -0.39 is 33.7 Å². The summed E-state index contributed by atoms with van der Waals surface area (Å²) in [6, 6.07) is 2.51. The number of aryl methyl sites for hydroxylation is 1. The molecule has 0 radical (unpaired) electrons. The van der Waals surface area contributed by atoms with Crippen molar-refractivity contribution in [3.05, 3.63) is 35.1 Å². The molecule has 0 unspecified atom stereocenters. The lowest BCUT2D eigenvalue weighted by Crippen LogP contribution is -2.28. The summed E-state index contributed by atoms with van der Waals surface area (Å²) in [5.74, 6) is -2.83. The van der Waals surface area contributed by atoms with E-state index in [9.17, 15) is 13.2 Å². The number of hydrogen-bond acceptors (Lipinski definition) is 3. The minimum absolute atomic E-state index is 0.0313. The van der Waals surface area contributed by atoms with Gasteiger partial charge in [0.15, 0.2) is 21.4 Å². The lowest BCUT2D eigenvalue weighted by molar-refractivity contribution is -0.275. The van der Waals surface area contributed by atoms with Gasteiger partial charge in [-0.05, 0) is 58.2 Å². The van der Waals surface area contributed by atoms with E-state index in [2.05, 4.69) is 0 Å². The Morgan fingerprint density at radius 3 is 2.04 bits per heavy atom. The zero-order chi connectivity index (χ0) is 18.8. The third kappa shape index (κ3) is 9.39. The van der Waals surface area contributed by atoms with E-state index in [4.69, 9.17) is 13.9 Å². The predicted octanol–water partition coefficient (Wildman–Crippen LogP) is 4.47. The quantitative estimate of drug-likeness (QED) is 0.232. The number of benzene rings is 1. The van der Waals surface area contributed by atoms with Crippen molar-refractivity contribution >= 4 is 9.76 Å². The van der Waals surface area contributed by atoms with Gasteiger partial charge in [0.1, 0.15) is 5.82 Å². The van der Waals surface area contributed by atoms with Crippen molar-refractivity contribution in [1.29, 1.82) is 0 Å². The van der Waals surface area contributed by atoms with Crippen LogP contribution in [0.2, 0.25) is 6.04 Å². The first-order valence-corrected chi connectivity index (χ1v) is 10.4. The molecule has 0 saturated carbocycles. The minimum atomic E-state index is -1.15. The van der Waals surface area contributed by atoms with Crippen LogP contribution in [0, 0.1) is 17.5 Å². The van der Waals surface area contributed by atoms with Crippen LogP contribution in [0.25, 0.3) is 0 Å². The fourth-order valence-corrected chi connectivity index (χ4v) is 3.33. The molecule has 0 atom stereocenters. The normalized spacial score (nSPS) is 12.4. The highest BCUT2D eigenvalue weighted by molar-refractivity contribution is 6.27. The summed E-state index contributed by atoms with van der Waals surface area (Å²) in [4.78, 5) is 0. The second-order valence-corrected chi connectivity index (χ2v) is 8.00. The molecule has 144 valence electrons. The third-order valence-electron chi connectivity index (χ3n) is 3.45. The molecule has 0 saturated heterocycles. The smallest absolute Gasteiger partial charge is 0.262 e. The lowest BCUT2D eigenvalue weighted by atomic mass is 10.1. The summed E-state index contributed by atoms with van der Waals surface area (Å²) in [5, 5.41) is 0. The molecule has 1 aromatic rings. The van der Waals surface area contributed by atoms with Crippen LogP contribution < -0.4 is 0 Å². The highest BCUT2D eigenvalue weighted by atomic mass is 28.2. The molecule has 1 aromatic carbocycles. The van der Waals surface area contributed by atoms with Crippen LogP contribution in [0.15, 0.2) is 12.1 Å². The summed E-state index contributed by atoms with van der Waals surface area (Å²) in [5.41, 5.74) is 0.225. The van der Waals surface area contributed by atoms with Gasteiger partial charge in [-0.25, -0.2) is 13.2 Å². The fourth-order valence-electron chi connectivity index (χ4n) is 2.26. The van der Waals surface area contributed by atoms with Gasteiger partial charge in [-0.3, -0.25) is 0 Å². The molecule has 3 nitrogen and oxygen atoms in total. The molecule has 0 fully saturated rings. The average molecular weight is 379 g/mol. The number of unbranched alkanes of at least 4 members (excludes halogenated alkanes) is 2. The van der Waals surface area contributed by atoms with Crippen molar-refractivity contribution in [2.45, 2.75) is 78.1 Å². The predicted molar refractivity (Wildman–Crippen MR) is 94.5 cm³/mol. The number of rotatable bonds is 12. The molecular weight excluding hydrogens is 349 g/mol. The molecule has 0 aliphatic carbocycles. The zero-order valence-electron chi connectivity index (χ0n) is 15.5. The highest BCUT2D eigenvalue weighted by Gasteiger charge is 2.13. The van der Waals surface area contributed by atoms with Gasteiger partial charge in [0, 0.05) is 6.07 Å². The summed E-state index contributed by atoms with van der Waals surface area (Å²) in [7, 11) is -0.766. The van der Waals surface area contributed by atoms with Crippen molar-refractivity contribution in [2.75, 3.05) is 0 Å². The minimum Gasteiger partial charge on any atom is -0.379 e. The Labute approximate surface area is 150 Å². The summed E-state index contributed by atoms with van der Waals surface area (Å²) >= 11 is 0. The molecule has 0 aromatic heterocycles. The molecule has 0 N–H and O–H groups in total. The number of ether oxygens (including phenoxy) is 2. The van der Waals surface area contributed by atoms with Crippen LogP contribution in [0.5, 0.6) is 0 Å².